The second kappa shape index (κ2) is 5.59. The van der Waals surface area contributed by atoms with Gasteiger partial charge < -0.3 is 4.74 Å². The van der Waals surface area contributed by atoms with Crippen LogP contribution >= 0.6 is 0 Å². The van der Waals surface area contributed by atoms with Crippen LogP contribution in [0.4, 0.5) is 4.39 Å². The molecule has 2 nitrogen and oxygen atoms in total. The largest absolute Gasteiger partial charge is 0.371 e. The molecule has 22 heavy (non-hydrogen) atoms. The lowest BCUT2D eigenvalue weighted by atomic mass is 10.0. The van der Waals surface area contributed by atoms with Gasteiger partial charge in [-0.2, -0.15) is 0 Å². The van der Waals surface area contributed by atoms with Gasteiger partial charge in [0.15, 0.2) is 0 Å². The van der Waals surface area contributed by atoms with E-state index in [1.54, 1.807) is 0 Å². The van der Waals surface area contributed by atoms with Gasteiger partial charge in [-0.3, -0.25) is 4.90 Å². The lowest BCUT2D eigenvalue weighted by Gasteiger charge is -2.36. The summed E-state index contributed by atoms with van der Waals surface area (Å²) < 4.78 is 19.7. The third-order valence-electron chi connectivity index (χ3n) is 5.79. The molecule has 2 aliphatic carbocycles. The Kier molecular flexibility index (Phi) is 4.18. The number of hydrogen-bond donors (Lipinski definition) is 0. The highest BCUT2D eigenvalue weighted by molar-refractivity contribution is 5.34. The zero-order valence-electron chi connectivity index (χ0n) is 14.7. The van der Waals surface area contributed by atoms with E-state index in [-0.39, 0.29) is 11.0 Å². The van der Waals surface area contributed by atoms with E-state index in [2.05, 4.69) is 44.7 Å². The van der Waals surface area contributed by atoms with E-state index in [1.165, 1.54) is 6.42 Å². The number of fused-ring (bicyclic) bond motifs is 1. The minimum Gasteiger partial charge on any atom is -0.371 e. The summed E-state index contributed by atoms with van der Waals surface area (Å²) in [4.78, 5) is 2.49. The van der Waals surface area contributed by atoms with Gasteiger partial charge in [0.25, 0.3) is 0 Å². The first-order valence-corrected chi connectivity index (χ1v) is 9.00. The molecule has 2 saturated carbocycles. The van der Waals surface area contributed by atoms with Crippen LogP contribution in [0.5, 0.6) is 0 Å². The quantitative estimate of drug-likeness (QED) is 0.507. The Morgan fingerprint density at radius 1 is 1.27 bits per heavy atom. The first-order chi connectivity index (χ1) is 10.2. The molecule has 3 heteroatoms. The van der Waals surface area contributed by atoms with Crippen LogP contribution in [0.3, 0.4) is 0 Å². The number of unbranched alkanes of at least 4 members (excludes halogenated alkanes) is 1. The molecule has 0 aromatic rings. The molecule has 0 amide bonds. The number of alkyl halides is 1. The molecule has 2 unspecified atom stereocenters. The van der Waals surface area contributed by atoms with Gasteiger partial charge in [0, 0.05) is 17.5 Å². The van der Waals surface area contributed by atoms with Crippen molar-refractivity contribution in [2.24, 2.45) is 5.41 Å². The predicted octanol–water partition coefficient (Wildman–Crippen LogP) is 4.49. The van der Waals surface area contributed by atoms with E-state index in [9.17, 15) is 4.39 Å². The van der Waals surface area contributed by atoms with E-state index in [0.29, 0.717) is 12.2 Å². The zero-order chi connectivity index (χ0) is 16.0. The summed E-state index contributed by atoms with van der Waals surface area (Å²) in [6, 6.07) is 0. The maximum Gasteiger partial charge on any atom is 0.119 e. The molecule has 3 fully saturated rings. The van der Waals surface area contributed by atoms with Crippen molar-refractivity contribution in [3.8, 4) is 0 Å². The van der Waals surface area contributed by atoms with Crippen LogP contribution in [0.25, 0.3) is 0 Å². The van der Waals surface area contributed by atoms with Gasteiger partial charge >= 0.3 is 0 Å². The second-order valence-corrected chi connectivity index (χ2v) is 8.82. The molecule has 1 saturated heterocycles. The van der Waals surface area contributed by atoms with Crippen LogP contribution in [-0.4, -0.2) is 41.4 Å². The van der Waals surface area contributed by atoms with Gasteiger partial charge in [0.05, 0.1) is 12.2 Å². The molecule has 3 rings (SSSR count). The summed E-state index contributed by atoms with van der Waals surface area (Å²) in [7, 11) is 0. The third kappa shape index (κ3) is 3.41. The number of halogens is 1. The maximum atomic E-state index is 13.9. The van der Waals surface area contributed by atoms with Crippen LogP contribution in [0.15, 0.2) is 12.2 Å². The van der Waals surface area contributed by atoms with E-state index in [1.807, 2.05) is 0 Å². The minimum absolute atomic E-state index is 0.0456. The van der Waals surface area contributed by atoms with Gasteiger partial charge in [-0.15, -0.1) is 0 Å². The van der Waals surface area contributed by atoms with E-state index < -0.39 is 5.67 Å². The Morgan fingerprint density at radius 3 is 2.45 bits per heavy atom. The van der Waals surface area contributed by atoms with Crippen molar-refractivity contribution >= 4 is 0 Å². The van der Waals surface area contributed by atoms with Crippen molar-refractivity contribution in [1.29, 1.82) is 0 Å². The lowest BCUT2D eigenvalue weighted by molar-refractivity contribution is 0.0831. The SMILES string of the molecule is CC1CCC(/C=C/CCCN(CC23CC2(F)C3)C(C)(C)C)O1. The van der Waals surface area contributed by atoms with Gasteiger partial charge in [-0.25, -0.2) is 4.39 Å². The summed E-state index contributed by atoms with van der Waals surface area (Å²) in [5, 5.41) is 0. The smallest absolute Gasteiger partial charge is 0.119 e. The van der Waals surface area contributed by atoms with Crippen molar-refractivity contribution in [3.05, 3.63) is 12.2 Å². The molecule has 0 spiro atoms. The highest BCUT2D eigenvalue weighted by Crippen LogP contribution is 2.81. The van der Waals surface area contributed by atoms with Gasteiger partial charge in [-0.1, -0.05) is 12.2 Å². The average molecular weight is 309 g/mol. The van der Waals surface area contributed by atoms with Crippen molar-refractivity contribution in [2.75, 3.05) is 13.1 Å². The van der Waals surface area contributed by atoms with Crippen LogP contribution in [0.2, 0.25) is 0 Å². The summed E-state index contributed by atoms with van der Waals surface area (Å²) in [5.74, 6) is 0. The highest BCUT2D eigenvalue weighted by Gasteiger charge is 2.85. The van der Waals surface area contributed by atoms with E-state index in [0.717, 1.165) is 45.2 Å². The molecule has 0 radical (unpaired) electrons. The van der Waals surface area contributed by atoms with Gasteiger partial charge in [0.2, 0.25) is 0 Å². The van der Waals surface area contributed by atoms with Crippen LogP contribution in [0.1, 0.15) is 66.2 Å². The molecular formula is C19H32FNO. The monoisotopic (exact) mass is 309 g/mol. The highest BCUT2D eigenvalue weighted by atomic mass is 19.1. The average Bonchev–Trinajstić information content (AvgIpc) is 3.04. The van der Waals surface area contributed by atoms with Crippen molar-refractivity contribution < 1.29 is 9.13 Å². The molecule has 3 aliphatic rings. The summed E-state index contributed by atoms with van der Waals surface area (Å²) in [6.07, 6.45) is 11.5. The number of rotatable bonds is 7. The Morgan fingerprint density at radius 2 is 1.95 bits per heavy atom. The molecule has 0 aromatic carbocycles. The lowest BCUT2D eigenvalue weighted by Crippen LogP contribution is -2.44. The molecular weight excluding hydrogens is 277 g/mol. The number of ether oxygens (including phenoxy) is 1. The van der Waals surface area contributed by atoms with E-state index in [4.69, 9.17) is 4.74 Å². The van der Waals surface area contributed by atoms with Gasteiger partial charge in [0.1, 0.15) is 5.67 Å². The summed E-state index contributed by atoms with van der Waals surface area (Å²) in [5.41, 5.74) is -0.592. The van der Waals surface area contributed by atoms with Crippen LogP contribution in [-0.2, 0) is 4.74 Å². The Hall–Kier alpha value is -0.410. The Balaban J connectivity index is 1.39. The number of hydrogen-bond acceptors (Lipinski definition) is 2. The fourth-order valence-corrected chi connectivity index (χ4v) is 3.83. The zero-order valence-corrected chi connectivity index (χ0v) is 14.7. The number of allylic oxidation sites excluding steroid dienone is 1. The van der Waals surface area contributed by atoms with Crippen molar-refractivity contribution in [3.63, 3.8) is 0 Å². The standard InChI is InChI=1S/C19H32FNO/c1-15-9-10-16(22-15)8-6-5-7-11-21(17(2,3)4)14-18-12-19(18,20)13-18/h6,8,15-16H,5,7,9-14H2,1-4H3/b8-6+. The minimum atomic E-state index is -0.771. The topological polar surface area (TPSA) is 12.5 Å². The molecule has 1 heterocycles. The van der Waals surface area contributed by atoms with Crippen LogP contribution in [0, 0.1) is 5.41 Å². The molecule has 126 valence electrons. The summed E-state index contributed by atoms with van der Waals surface area (Å²) >= 11 is 0. The second-order valence-electron chi connectivity index (χ2n) is 8.82. The summed E-state index contributed by atoms with van der Waals surface area (Å²) in [6.45, 7) is 10.9. The predicted molar refractivity (Wildman–Crippen MR) is 88.8 cm³/mol. The Bertz CT molecular complexity index is 433. The first-order valence-electron chi connectivity index (χ1n) is 9.00. The Labute approximate surface area is 135 Å². The molecule has 0 N–H and O–H groups in total. The normalized spacial score (nSPS) is 40.5. The van der Waals surface area contributed by atoms with Gasteiger partial charge in [-0.05, 0) is 72.8 Å². The fourth-order valence-electron chi connectivity index (χ4n) is 3.83. The molecule has 1 aliphatic heterocycles. The molecule has 2 atom stereocenters. The maximum absolute atomic E-state index is 13.9. The molecule has 0 bridgehead atoms. The van der Waals surface area contributed by atoms with Crippen molar-refractivity contribution in [1.82, 2.24) is 4.90 Å². The van der Waals surface area contributed by atoms with Crippen LogP contribution < -0.4 is 0 Å². The third-order valence-corrected chi connectivity index (χ3v) is 5.79. The molecule has 0 aromatic heterocycles. The number of nitrogens with zero attached hydrogens (tertiary/aromatic N) is 1. The first kappa shape index (κ1) is 16.4. The van der Waals surface area contributed by atoms with Crippen molar-refractivity contribution in [2.45, 2.75) is 89.6 Å². The fraction of sp³-hybridized carbons (Fsp3) is 0.895. The van der Waals surface area contributed by atoms with E-state index >= 15 is 0 Å².